The number of ether oxygens (including phenoxy) is 2. The number of methoxy groups -OCH3 is 1. The van der Waals surface area contributed by atoms with E-state index >= 15 is 0 Å². The number of benzene rings is 1. The lowest BCUT2D eigenvalue weighted by atomic mass is 10.3. The number of halogens is 2. The second kappa shape index (κ2) is 6.51. The molecule has 7 nitrogen and oxygen atoms in total. The van der Waals surface area contributed by atoms with E-state index < -0.39 is 5.97 Å². The molecule has 0 bridgehead atoms. The van der Waals surface area contributed by atoms with Gasteiger partial charge in [0.25, 0.3) is 0 Å². The zero-order valence-electron chi connectivity index (χ0n) is 11.9. The van der Waals surface area contributed by atoms with Crippen LogP contribution in [0.1, 0.15) is 0 Å². The Labute approximate surface area is 144 Å². The maximum atomic E-state index is 11.4. The predicted molar refractivity (Wildman–Crippen MR) is 86.6 cm³/mol. The van der Waals surface area contributed by atoms with Crippen molar-refractivity contribution in [3.63, 3.8) is 0 Å². The Hall–Kier alpha value is -2.19. The van der Waals surface area contributed by atoms with Crippen LogP contribution in [0.15, 0.2) is 35.2 Å². The largest absolute Gasteiger partial charge is 0.468 e. The van der Waals surface area contributed by atoms with Crippen molar-refractivity contribution >= 4 is 44.5 Å². The summed E-state index contributed by atoms with van der Waals surface area (Å²) in [5, 5.41) is 5.13. The number of rotatable bonds is 4. The quantitative estimate of drug-likeness (QED) is 0.629. The van der Waals surface area contributed by atoms with Gasteiger partial charge in [0.1, 0.15) is 24.0 Å². The van der Waals surface area contributed by atoms with Gasteiger partial charge in [0, 0.05) is 4.47 Å². The summed E-state index contributed by atoms with van der Waals surface area (Å²) in [6.45, 7) is -0.0475. The van der Waals surface area contributed by atoms with E-state index in [9.17, 15) is 4.79 Å². The third-order valence-corrected chi connectivity index (χ3v) is 3.81. The zero-order valence-corrected chi connectivity index (χ0v) is 14.2. The number of esters is 1. The summed E-state index contributed by atoms with van der Waals surface area (Å²) in [5.74, 6) is 0.319. The molecule has 3 aromatic rings. The highest BCUT2D eigenvalue weighted by Gasteiger charge is 2.15. The Morgan fingerprint density at radius 3 is 3.00 bits per heavy atom. The Bertz CT molecular complexity index is 884. The van der Waals surface area contributed by atoms with Crippen LogP contribution < -0.4 is 4.74 Å². The summed E-state index contributed by atoms with van der Waals surface area (Å²) >= 11 is 9.48. The first kappa shape index (κ1) is 15.7. The molecule has 0 saturated carbocycles. The van der Waals surface area contributed by atoms with E-state index in [1.165, 1.54) is 24.3 Å². The van der Waals surface area contributed by atoms with Gasteiger partial charge in [-0.3, -0.25) is 4.79 Å². The predicted octanol–water partition coefficient (Wildman–Crippen LogP) is 3.21. The summed E-state index contributed by atoms with van der Waals surface area (Å²) in [4.78, 5) is 19.6. The zero-order chi connectivity index (χ0) is 16.4. The van der Waals surface area contributed by atoms with Crippen LogP contribution in [0.4, 0.5) is 0 Å². The molecule has 0 saturated heterocycles. The first-order valence-corrected chi connectivity index (χ1v) is 7.62. The Morgan fingerprint density at radius 1 is 1.39 bits per heavy atom. The number of carbonyl (C=O) groups is 1. The molecule has 23 heavy (non-hydrogen) atoms. The third kappa shape index (κ3) is 3.27. The van der Waals surface area contributed by atoms with Gasteiger partial charge in [0.05, 0.1) is 18.3 Å². The minimum atomic E-state index is -0.425. The minimum absolute atomic E-state index is 0.0475. The lowest BCUT2D eigenvalue weighted by Gasteiger charge is -2.08. The highest BCUT2D eigenvalue weighted by molar-refractivity contribution is 9.10. The number of aromatic nitrogens is 4. The van der Waals surface area contributed by atoms with Crippen molar-refractivity contribution < 1.29 is 14.3 Å². The van der Waals surface area contributed by atoms with Gasteiger partial charge < -0.3 is 9.47 Å². The van der Waals surface area contributed by atoms with Gasteiger partial charge in [-0.15, -0.1) is 0 Å². The topological polar surface area (TPSA) is 79.1 Å². The van der Waals surface area contributed by atoms with Gasteiger partial charge >= 0.3 is 5.97 Å². The van der Waals surface area contributed by atoms with Crippen LogP contribution in [0.2, 0.25) is 5.02 Å². The second-order valence-electron chi connectivity index (χ2n) is 4.47. The number of nitrogens with zero attached hydrogens (tertiary/aromatic N) is 4. The van der Waals surface area contributed by atoms with Crippen molar-refractivity contribution in [2.75, 3.05) is 7.11 Å². The summed E-state index contributed by atoms with van der Waals surface area (Å²) < 4.78 is 12.6. The van der Waals surface area contributed by atoms with E-state index in [4.69, 9.17) is 16.3 Å². The van der Waals surface area contributed by atoms with Gasteiger partial charge in [0.2, 0.25) is 5.88 Å². The molecule has 2 aromatic heterocycles. The molecule has 118 valence electrons. The fourth-order valence-electron chi connectivity index (χ4n) is 1.91. The van der Waals surface area contributed by atoms with Crippen molar-refractivity contribution in [1.29, 1.82) is 0 Å². The van der Waals surface area contributed by atoms with Crippen LogP contribution in [-0.2, 0) is 16.1 Å². The molecule has 0 radical (unpaired) electrons. The fourth-order valence-corrected chi connectivity index (χ4v) is 2.41. The van der Waals surface area contributed by atoms with E-state index in [2.05, 4.69) is 35.7 Å². The Balaban J connectivity index is 1.99. The molecular formula is C14H10BrClN4O3. The Morgan fingerprint density at radius 2 is 2.22 bits per heavy atom. The van der Waals surface area contributed by atoms with Crippen LogP contribution in [0.3, 0.4) is 0 Å². The van der Waals surface area contributed by atoms with Crippen LogP contribution >= 0.6 is 27.5 Å². The summed E-state index contributed by atoms with van der Waals surface area (Å²) in [5.41, 5.74) is 0.464. The third-order valence-electron chi connectivity index (χ3n) is 3.00. The van der Waals surface area contributed by atoms with Gasteiger partial charge in [0.15, 0.2) is 5.65 Å². The molecule has 0 unspecified atom stereocenters. The Kier molecular flexibility index (Phi) is 4.44. The molecule has 0 fully saturated rings. The number of hydrogen-bond acceptors (Lipinski definition) is 6. The normalized spacial score (nSPS) is 10.7. The SMILES string of the molecule is COC(=O)Cn1ncc2c(Oc3cc(Br)ccc3Cl)ncnc21. The van der Waals surface area contributed by atoms with Gasteiger partial charge in [-0.2, -0.15) is 5.10 Å². The molecule has 2 heterocycles. The molecule has 0 spiro atoms. The van der Waals surface area contributed by atoms with Crippen LogP contribution in [-0.4, -0.2) is 32.8 Å². The highest BCUT2D eigenvalue weighted by Crippen LogP contribution is 2.33. The second-order valence-corrected chi connectivity index (χ2v) is 5.79. The van der Waals surface area contributed by atoms with E-state index in [1.807, 2.05) is 0 Å². The van der Waals surface area contributed by atoms with Gasteiger partial charge in [-0.25, -0.2) is 14.6 Å². The summed E-state index contributed by atoms with van der Waals surface area (Å²) in [7, 11) is 1.31. The summed E-state index contributed by atoms with van der Waals surface area (Å²) in [6, 6.07) is 5.24. The molecule has 9 heteroatoms. The van der Waals surface area contributed by atoms with E-state index in [1.54, 1.807) is 18.2 Å². The molecule has 0 N–H and O–H groups in total. The van der Waals surface area contributed by atoms with E-state index in [0.29, 0.717) is 27.7 Å². The molecule has 0 aliphatic heterocycles. The van der Waals surface area contributed by atoms with Gasteiger partial charge in [-0.05, 0) is 18.2 Å². The highest BCUT2D eigenvalue weighted by atomic mass is 79.9. The standard InChI is InChI=1S/C14H10BrClN4O3/c1-22-12(21)6-20-13-9(5-19-20)14(18-7-17-13)23-11-4-8(15)2-3-10(11)16/h2-5,7H,6H2,1H3. The average molecular weight is 398 g/mol. The summed E-state index contributed by atoms with van der Waals surface area (Å²) in [6.07, 6.45) is 2.86. The molecule has 1 aromatic carbocycles. The van der Waals surface area contributed by atoms with Crippen molar-refractivity contribution in [2.24, 2.45) is 0 Å². The fraction of sp³-hybridized carbons (Fsp3) is 0.143. The smallest absolute Gasteiger partial charge is 0.327 e. The van der Waals surface area contributed by atoms with Crippen molar-refractivity contribution in [3.05, 3.63) is 40.2 Å². The maximum absolute atomic E-state index is 11.4. The monoisotopic (exact) mass is 396 g/mol. The minimum Gasteiger partial charge on any atom is -0.468 e. The van der Waals surface area contributed by atoms with E-state index in [0.717, 1.165) is 4.47 Å². The molecule has 0 aliphatic carbocycles. The van der Waals surface area contributed by atoms with Crippen molar-refractivity contribution in [3.8, 4) is 11.6 Å². The molecule has 3 rings (SSSR count). The first-order valence-electron chi connectivity index (χ1n) is 6.44. The number of hydrogen-bond donors (Lipinski definition) is 0. The molecular weight excluding hydrogens is 388 g/mol. The van der Waals surface area contributed by atoms with Crippen LogP contribution in [0, 0.1) is 0 Å². The average Bonchev–Trinajstić information content (AvgIpc) is 2.95. The lowest BCUT2D eigenvalue weighted by Crippen LogP contribution is -2.12. The number of carbonyl (C=O) groups excluding carboxylic acids is 1. The molecule has 0 amide bonds. The van der Waals surface area contributed by atoms with Crippen molar-refractivity contribution in [1.82, 2.24) is 19.7 Å². The van der Waals surface area contributed by atoms with Crippen LogP contribution in [0.5, 0.6) is 11.6 Å². The van der Waals surface area contributed by atoms with Crippen LogP contribution in [0.25, 0.3) is 11.0 Å². The number of fused-ring (bicyclic) bond motifs is 1. The molecule has 0 aliphatic rings. The maximum Gasteiger partial charge on any atom is 0.327 e. The lowest BCUT2D eigenvalue weighted by molar-refractivity contribution is -0.141. The first-order chi connectivity index (χ1) is 11.1. The van der Waals surface area contributed by atoms with E-state index in [-0.39, 0.29) is 6.54 Å². The molecule has 0 atom stereocenters. The van der Waals surface area contributed by atoms with Crippen molar-refractivity contribution in [2.45, 2.75) is 6.54 Å². The van der Waals surface area contributed by atoms with Gasteiger partial charge in [-0.1, -0.05) is 27.5 Å².